The lowest BCUT2D eigenvalue weighted by molar-refractivity contribution is -0.138. The number of carboxylic acids is 1. The molecule has 0 radical (unpaired) electrons. The standard InChI is InChI=1S/C23H22ClF3N2O4/c24-18-12-16(23(25,26)27)13-28-21(18)33-17-8-5-15(6-9-17)11-19(22(31)32)29-20(30)10-7-14-3-1-2-4-14/h5-6,8-9,11-14H,1-4,7,10H2,(H,29,30)(H,31,32)/b19-11-. The molecule has 1 aliphatic carbocycles. The van der Waals surface area contributed by atoms with Crippen molar-refractivity contribution in [1.29, 1.82) is 0 Å². The van der Waals surface area contributed by atoms with E-state index in [1.54, 1.807) is 0 Å². The Labute approximate surface area is 193 Å². The first-order valence-corrected chi connectivity index (χ1v) is 10.7. The van der Waals surface area contributed by atoms with Gasteiger partial charge in [-0.1, -0.05) is 49.4 Å². The molecule has 33 heavy (non-hydrogen) atoms. The minimum atomic E-state index is -4.57. The van der Waals surface area contributed by atoms with Crippen molar-refractivity contribution in [3.63, 3.8) is 0 Å². The van der Waals surface area contributed by atoms with Crippen LogP contribution in [0.1, 0.15) is 49.7 Å². The fourth-order valence-electron chi connectivity index (χ4n) is 3.56. The van der Waals surface area contributed by atoms with E-state index in [4.69, 9.17) is 16.3 Å². The van der Waals surface area contributed by atoms with Gasteiger partial charge in [0.25, 0.3) is 0 Å². The minimum Gasteiger partial charge on any atom is -0.477 e. The van der Waals surface area contributed by atoms with E-state index in [0.717, 1.165) is 25.3 Å². The van der Waals surface area contributed by atoms with Crippen molar-refractivity contribution in [2.75, 3.05) is 0 Å². The maximum Gasteiger partial charge on any atom is 0.417 e. The van der Waals surface area contributed by atoms with Gasteiger partial charge in [-0.2, -0.15) is 13.2 Å². The fourth-order valence-corrected chi connectivity index (χ4v) is 3.77. The van der Waals surface area contributed by atoms with Crippen molar-refractivity contribution in [2.24, 2.45) is 5.92 Å². The average molecular weight is 483 g/mol. The number of hydrogen-bond acceptors (Lipinski definition) is 4. The summed E-state index contributed by atoms with van der Waals surface area (Å²) in [5.41, 5.74) is -0.776. The van der Waals surface area contributed by atoms with E-state index in [9.17, 15) is 27.9 Å². The summed E-state index contributed by atoms with van der Waals surface area (Å²) in [5.74, 6) is -1.07. The van der Waals surface area contributed by atoms with E-state index < -0.39 is 17.7 Å². The van der Waals surface area contributed by atoms with Gasteiger partial charge in [0.15, 0.2) is 0 Å². The van der Waals surface area contributed by atoms with E-state index >= 15 is 0 Å². The molecule has 0 bridgehead atoms. The molecule has 0 aliphatic heterocycles. The molecule has 0 atom stereocenters. The molecule has 0 unspecified atom stereocenters. The SMILES string of the molecule is O=C(CCC1CCCC1)N/C(=C\c1ccc(Oc2ncc(C(F)(F)F)cc2Cl)cc1)C(=O)O. The lowest BCUT2D eigenvalue weighted by atomic mass is 10.0. The van der Waals surface area contributed by atoms with Gasteiger partial charge in [0.05, 0.1) is 5.56 Å². The highest BCUT2D eigenvalue weighted by molar-refractivity contribution is 6.31. The fraction of sp³-hybridized carbons (Fsp3) is 0.348. The number of nitrogens with one attached hydrogen (secondary N) is 1. The Morgan fingerprint density at radius 1 is 1.21 bits per heavy atom. The van der Waals surface area contributed by atoms with E-state index in [2.05, 4.69) is 10.3 Å². The first-order valence-electron chi connectivity index (χ1n) is 10.4. The number of amides is 1. The molecule has 0 saturated heterocycles. The maximum absolute atomic E-state index is 12.7. The lowest BCUT2D eigenvalue weighted by Crippen LogP contribution is -2.27. The van der Waals surface area contributed by atoms with Gasteiger partial charge in [0.1, 0.15) is 16.5 Å². The van der Waals surface area contributed by atoms with Gasteiger partial charge in [-0.15, -0.1) is 0 Å². The van der Waals surface area contributed by atoms with Gasteiger partial charge < -0.3 is 15.2 Å². The Bertz CT molecular complexity index is 1030. The van der Waals surface area contributed by atoms with Gasteiger partial charge in [-0.3, -0.25) is 4.79 Å². The summed E-state index contributed by atoms with van der Waals surface area (Å²) in [7, 11) is 0. The summed E-state index contributed by atoms with van der Waals surface area (Å²) in [5, 5.41) is 11.5. The summed E-state index contributed by atoms with van der Waals surface area (Å²) in [6.07, 6.45) is 2.93. The average Bonchev–Trinajstić information content (AvgIpc) is 3.27. The highest BCUT2D eigenvalue weighted by Gasteiger charge is 2.31. The van der Waals surface area contributed by atoms with Crippen LogP contribution in [0.5, 0.6) is 11.6 Å². The Kier molecular flexibility index (Phi) is 7.97. The molecule has 176 valence electrons. The molecule has 1 heterocycles. The largest absolute Gasteiger partial charge is 0.477 e. The topological polar surface area (TPSA) is 88.5 Å². The highest BCUT2D eigenvalue weighted by Crippen LogP contribution is 2.34. The zero-order valence-electron chi connectivity index (χ0n) is 17.5. The maximum atomic E-state index is 12.7. The van der Waals surface area contributed by atoms with Crippen LogP contribution in [-0.4, -0.2) is 22.0 Å². The summed E-state index contributed by atoms with van der Waals surface area (Å²) < 4.78 is 43.5. The van der Waals surface area contributed by atoms with Crippen LogP contribution in [0.15, 0.2) is 42.2 Å². The van der Waals surface area contributed by atoms with Crippen LogP contribution in [0.25, 0.3) is 6.08 Å². The van der Waals surface area contributed by atoms with E-state index in [0.29, 0.717) is 17.7 Å². The number of hydrogen-bond donors (Lipinski definition) is 2. The molecule has 1 aromatic carbocycles. The Morgan fingerprint density at radius 2 is 1.88 bits per heavy atom. The molecule has 3 rings (SSSR count). The third-order valence-corrected chi connectivity index (χ3v) is 5.57. The molecule has 2 aromatic rings. The van der Waals surface area contributed by atoms with Crippen LogP contribution in [-0.2, 0) is 15.8 Å². The van der Waals surface area contributed by atoms with Crippen LogP contribution < -0.4 is 10.1 Å². The number of carbonyl (C=O) groups is 2. The number of carboxylic acid groups (broad SMARTS) is 1. The van der Waals surface area contributed by atoms with Crippen LogP contribution in [0, 0.1) is 5.92 Å². The minimum absolute atomic E-state index is 0.200. The number of rotatable bonds is 8. The summed E-state index contributed by atoms with van der Waals surface area (Å²) >= 11 is 5.83. The second-order valence-electron chi connectivity index (χ2n) is 7.78. The summed E-state index contributed by atoms with van der Waals surface area (Å²) in [6.45, 7) is 0. The monoisotopic (exact) mass is 482 g/mol. The number of ether oxygens (including phenoxy) is 1. The number of nitrogens with zero attached hydrogens (tertiary/aromatic N) is 1. The second-order valence-corrected chi connectivity index (χ2v) is 8.19. The molecule has 1 aliphatic rings. The number of alkyl halides is 3. The lowest BCUT2D eigenvalue weighted by Gasteiger charge is -2.11. The first-order chi connectivity index (χ1) is 15.6. The van der Waals surface area contributed by atoms with Gasteiger partial charge >= 0.3 is 12.1 Å². The van der Waals surface area contributed by atoms with Gasteiger partial charge in [0.2, 0.25) is 11.8 Å². The van der Waals surface area contributed by atoms with Crippen molar-refractivity contribution in [3.8, 4) is 11.6 Å². The zero-order valence-corrected chi connectivity index (χ0v) is 18.2. The molecule has 6 nitrogen and oxygen atoms in total. The van der Waals surface area contributed by atoms with Crippen molar-refractivity contribution < 1.29 is 32.6 Å². The Morgan fingerprint density at radius 3 is 2.45 bits per heavy atom. The number of halogens is 4. The molecular formula is C23H22ClF3N2O4. The number of aromatic nitrogens is 1. The van der Waals surface area contributed by atoms with Gasteiger partial charge in [-0.05, 0) is 42.2 Å². The zero-order chi connectivity index (χ0) is 24.0. The summed E-state index contributed by atoms with van der Waals surface area (Å²) in [6, 6.07) is 6.73. The second kappa shape index (κ2) is 10.7. The Balaban J connectivity index is 1.63. The van der Waals surface area contributed by atoms with Crippen molar-refractivity contribution >= 4 is 29.6 Å². The Hall–Kier alpha value is -3.07. The molecular weight excluding hydrogens is 461 g/mol. The van der Waals surface area contributed by atoms with Crippen molar-refractivity contribution in [3.05, 3.63) is 58.4 Å². The van der Waals surface area contributed by atoms with E-state index in [1.165, 1.54) is 43.2 Å². The molecule has 1 aromatic heterocycles. The third kappa shape index (κ3) is 7.21. The highest BCUT2D eigenvalue weighted by atomic mass is 35.5. The molecule has 1 fully saturated rings. The number of benzene rings is 1. The first kappa shape index (κ1) is 24.6. The van der Waals surface area contributed by atoms with E-state index in [1.807, 2.05) is 0 Å². The number of carbonyl (C=O) groups excluding carboxylic acids is 1. The van der Waals surface area contributed by atoms with Gasteiger partial charge in [0, 0.05) is 12.6 Å². The van der Waals surface area contributed by atoms with E-state index in [-0.39, 0.29) is 34.7 Å². The van der Waals surface area contributed by atoms with Gasteiger partial charge in [-0.25, -0.2) is 9.78 Å². The van der Waals surface area contributed by atoms with Crippen LogP contribution in [0.2, 0.25) is 5.02 Å². The van der Waals surface area contributed by atoms with Crippen molar-refractivity contribution in [2.45, 2.75) is 44.7 Å². The number of aliphatic carboxylic acids is 1. The molecule has 10 heteroatoms. The number of pyridine rings is 1. The summed E-state index contributed by atoms with van der Waals surface area (Å²) in [4.78, 5) is 27.3. The third-order valence-electron chi connectivity index (χ3n) is 5.30. The van der Waals surface area contributed by atoms with Crippen LogP contribution >= 0.6 is 11.6 Å². The predicted octanol–water partition coefficient (Wildman–Crippen LogP) is 6.06. The van der Waals surface area contributed by atoms with Crippen LogP contribution in [0.3, 0.4) is 0 Å². The molecule has 0 spiro atoms. The quantitative estimate of drug-likeness (QED) is 0.446. The smallest absolute Gasteiger partial charge is 0.417 e. The van der Waals surface area contributed by atoms with Crippen LogP contribution in [0.4, 0.5) is 13.2 Å². The van der Waals surface area contributed by atoms with Crippen molar-refractivity contribution in [1.82, 2.24) is 10.3 Å². The predicted molar refractivity (Wildman–Crippen MR) is 116 cm³/mol. The normalized spacial score (nSPS) is 14.8. The molecule has 1 saturated carbocycles. The molecule has 1 amide bonds. The molecule has 2 N–H and O–H groups in total.